The molecular weight excluding hydrogens is 146 g/mol. The molecule has 0 aromatic carbocycles. The van der Waals surface area contributed by atoms with Crippen molar-refractivity contribution < 1.29 is 4.18 Å². The molecule has 3 aliphatic rings. The molecule has 3 rings (SSSR count). The summed E-state index contributed by atoms with van der Waals surface area (Å²) < 4.78 is 5.08. The van der Waals surface area contributed by atoms with Crippen molar-refractivity contribution in [1.29, 1.82) is 0 Å². The lowest BCUT2D eigenvalue weighted by atomic mass is 9.86. The summed E-state index contributed by atoms with van der Waals surface area (Å²) >= 11 is 3.87. The van der Waals surface area contributed by atoms with E-state index in [0.29, 0.717) is 6.10 Å². The summed E-state index contributed by atoms with van der Waals surface area (Å²) in [4.78, 5) is 2.46. The molecule has 2 bridgehead atoms. The molecule has 0 aliphatic carbocycles. The number of rotatable bonds is 1. The van der Waals surface area contributed by atoms with Crippen LogP contribution in [0.1, 0.15) is 12.8 Å². The Morgan fingerprint density at radius 1 is 1.30 bits per heavy atom. The van der Waals surface area contributed by atoms with Gasteiger partial charge in [0.15, 0.2) is 0 Å². The van der Waals surface area contributed by atoms with Gasteiger partial charge in [-0.25, -0.2) is 0 Å². The van der Waals surface area contributed by atoms with E-state index in [1.54, 1.807) is 0 Å². The first-order valence-electron chi connectivity index (χ1n) is 3.93. The maximum Gasteiger partial charge on any atom is 0.0874 e. The third-order valence-electron chi connectivity index (χ3n) is 2.73. The van der Waals surface area contributed by atoms with E-state index in [-0.39, 0.29) is 0 Å². The second kappa shape index (κ2) is 2.72. The number of hydrogen-bond donors (Lipinski definition) is 1. The maximum atomic E-state index is 5.08. The minimum atomic E-state index is 0.408. The van der Waals surface area contributed by atoms with E-state index in [0.717, 1.165) is 12.5 Å². The summed E-state index contributed by atoms with van der Waals surface area (Å²) in [5, 5.41) is 0. The van der Waals surface area contributed by atoms with Gasteiger partial charge in [-0.05, 0) is 44.8 Å². The number of piperidine rings is 3. The predicted molar refractivity (Wildman–Crippen MR) is 43.0 cm³/mol. The summed E-state index contributed by atoms with van der Waals surface area (Å²) in [5.74, 6) is 0.794. The number of hydrogen-bond acceptors (Lipinski definition) is 3. The zero-order chi connectivity index (χ0) is 6.97. The summed E-state index contributed by atoms with van der Waals surface area (Å²) in [7, 11) is 0. The highest BCUT2D eigenvalue weighted by Gasteiger charge is 2.34. The molecule has 0 N–H and O–H groups in total. The van der Waals surface area contributed by atoms with Crippen LogP contribution in [-0.4, -0.2) is 30.6 Å². The molecule has 1 atom stereocenters. The zero-order valence-electron chi connectivity index (χ0n) is 5.99. The molecule has 10 heavy (non-hydrogen) atoms. The topological polar surface area (TPSA) is 12.5 Å². The van der Waals surface area contributed by atoms with Gasteiger partial charge in [-0.2, -0.15) is 0 Å². The number of thiol groups is 1. The van der Waals surface area contributed by atoms with Gasteiger partial charge in [-0.3, -0.25) is 0 Å². The summed E-state index contributed by atoms with van der Waals surface area (Å²) in [5.41, 5.74) is 0. The molecule has 3 heterocycles. The van der Waals surface area contributed by atoms with Gasteiger partial charge < -0.3 is 9.08 Å². The normalized spacial score (nSPS) is 45.9. The molecule has 1 unspecified atom stereocenters. The van der Waals surface area contributed by atoms with Crippen LogP contribution in [0.4, 0.5) is 0 Å². The first-order chi connectivity index (χ1) is 4.90. The molecule has 0 radical (unpaired) electrons. The molecule has 3 fully saturated rings. The van der Waals surface area contributed by atoms with Crippen LogP contribution >= 0.6 is 12.9 Å². The maximum absolute atomic E-state index is 5.08. The highest BCUT2D eigenvalue weighted by Crippen LogP contribution is 2.29. The van der Waals surface area contributed by atoms with Gasteiger partial charge in [0.05, 0.1) is 6.10 Å². The van der Waals surface area contributed by atoms with Gasteiger partial charge in [-0.15, -0.1) is 0 Å². The summed E-state index contributed by atoms with van der Waals surface area (Å²) in [6.07, 6.45) is 3.03. The SMILES string of the molecule is SOC1CN2CCC1CC2. The molecule has 3 saturated heterocycles. The monoisotopic (exact) mass is 159 g/mol. The molecule has 2 nitrogen and oxygen atoms in total. The van der Waals surface area contributed by atoms with Crippen LogP contribution in [0.2, 0.25) is 0 Å². The van der Waals surface area contributed by atoms with Gasteiger partial charge >= 0.3 is 0 Å². The Morgan fingerprint density at radius 3 is 2.30 bits per heavy atom. The lowest BCUT2D eigenvalue weighted by molar-refractivity contribution is 0.00410. The Labute approximate surface area is 67.2 Å². The first-order valence-corrected chi connectivity index (χ1v) is 4.29. The fourth-order valence-electron chi connectivity index (χ4n) is 2.03. The second-order valence-electron chi connectivity index (χ2n) is 3.28. The quantitative estimate of drug-likeness (QED) is 0.451. The van der Waals surface area contributed by atoms with Crippen LogP contribution < -0.4 is 0 Å². The molecule has 3 aliphatic heterocycles. The molecule has 0 amide bonds. The highest BCUT2D eigenvalue weighted by atomic mass is 32.1. The van der Waals surface area contributed by atoms with Crippen molar-refractivity contribution in [2.45, 2.75) is 18.9 Å². The van der Waals surface area contributed by atoms with E-state index in [1.807, 2.05) is 0 Å². The van der Waals surface area contributed by atoms with E-state index < -0.39 is 0 Å². The van der Waals surface area contributed by atoms with Crippen LogP contribution in [0.3, 0.4) is 0 Å². The van der Waals surface area contributed by atoms with Gasteiger partial charge in [-0.1, -0.05) is 0 Å². The lowest BCUT2D eigenvalue weighted by Gasteiger charge is -2.43. The van der Waals surface area contributed by atoms with Crippen molar-refractivity contribution in [1.82, 2.24) is 4.90 Å². The van der Waals surface area contributed by atoms with Crippen molar-refractivity contribution >= 4 is 12.9 Å². The number of fused-ring (bicyclic) bond motifs is 3. The molecule has 0 aromatic rings. The van der Waals surface area contributed by atoms with Gasteiger partial charge in [0.25, 0.3) is 0 Å². The van der Waals surface area contributed by atoms with Gasteiger partial charge in [0, 0.05) is 6.54 Å². The van der Waals surface area contributed by atoms with Crippen LogP contribution in [-0.2, 0) is 4.18 Å². The van der Waals surface area contributed by atoms with Crippen molar-refractivity contribution in [3.63, 3.8) is 0 Å². The van der Waals surface area contributed by atoms with E-state index >= 15 is 0 Å². The fraction of sp³-hybridized carbons (Fsp3) is 1.00. The minimum Gasteiger partial charge on any atom is -0.314 e. The van der Waals surface area contributed by atoms with E-state index in [9.17, 15) is 0 Å². The Bertz CT molecular complexity index is 123. The van der Waals surface area contributed by atoms with Crippen LogP contribution in [0.25, 0.3) is 0 Å². The van der Waals surface area contributed by atoms with E-state index in [1.165, 1.54) is 25.9 Å². The fourth-order valence-corrected chi connectivity index (χ4v) is 2.27. The first kappa shape index (κ1) is 6.95. The Kier molecular flexibility index (Phi) is 1.89. The van der Waals surface area contributed by atoms with Crippen molar-refractivity contribution in [2.24, 2.45) is 5.92 Å². The molecule has 58 valence electrons. The van der Waals surface area contributed by atoms with Gasteiger partial charge in [0.2, 0.25) is 0 Å². The van der Waals surface area contributed by atoms with Crippen molar-refractivity contribution in [3.8, 4) is 0 Å². The van der Waals surface area contributed by atoms with Crippen LogP contribution in [0.15, 0.2) is 0 Å². The van der Waals surface area contributed by atoms with Crippen molar-refractivity contribution in [2.75, 3.05) is 19.6 Å². The Balaban J connectivity index is 2.01. The second-order valence-corrected chi connectivity index (χ2v) is 3.49. The van der Waals surface area contributed by atoms with Crippen molar-refractivity contribution in [3.05, 3.63) is 0 Å². The third kappa shape index (κ3) is 1.06. The largest absolute Gasteiger partial charge is 0.314 e. The van der Waals surface area contributed by atoms with Crippen LogP contribution in [0.5, 0.6) is 0 Å². The third-order valence-corrected chi connectivity index (χ3v) is 3.00. The van der Waals surface area contributed by atoms with Crippen LogP contribution in [0, 0.1) is 5.92 Å². The molecule has 3 heteroatoms. The molecular formula is C7H13NOS. The molecule has 0 spiro atoms. The summed E-state index contributed by atoms with van der Waals surface area (Å²) in [6, 6.07) is 0. The summed E-state index contributed by atoms with van der Waals surface area (Å²) in [6.45, 7) is 3.66. The highest BCUT2D eigenvalue weighted by molar-refractivity contribution is 7.75. The molecule has 0 saturated carbocycles. The lowest BCUT2D eigenvalue weighted by Crippen LogP contribution is -2.50. The van der Waals surface area contributed by atoms with E-state index in [4.69, 9.17) is 4.18 Å². The zero-order valence-corrected chi connectivity index (χ0v) is 6.89. The van der Waals surface area contributed by atoms with Gasteiger partial charge in [0.1, 0.15) is 0 Å². The standard InChI is InChI=1S/C7H13NOS/c10-9-7-5-8-3-1-6(7)2-4-8/h6-7,10H,1-5H2. The average molecular weight is 159 g/mol. The predicted octanol–water partition coefficient (Wildman–Crippen LogP) is 0.942. The minimum absolute atomic E-state index is 0.408. The Morgan fingerprint density at radius 2 is 2.00 bits per heavy atom. The molecule has 0 aromatic heterocycles. The van der Waals surface area contributed by atoms with E-state index in [2.05, 4.69) is 17.8 Å². The number of nitrogens with zero attached hydrogens (tertiary/aromatic N) is 1. The average Bonchev–Trinajstić information content (AvgIpc) is 2.06. The Hall–Kier alpha value is 0.270. The smallest absolute Gasteiger partial charge is 0.0874 e.